The van der Waals surface area contributed by atoms with Gasteiger partial charge in [-0.05, 0) is 35.6 Å². The smallest absolute Gasteiger partial charge is 0.120 e. The zero-order valence-corrected chi connectivity index (χ0v) is 12.2. The first kappa shape index (κ1) is 14.9. The summed E-state index contributed by atoms with van der Waals surface area (Å²) >= 11 is 0. The molecule has 2 aromatic carbocycles. The van der Waals surface area contributed by atoms with Crippen molar-refractivity contribution in [1.29, 1.82) is 5.26 Å². The lowest BCUT2D eigenvalue weighted by Crippen LogP contribution is -1.97. The Morgan fingerprint density at radius 1 is 1.14 bits per heavy atom. The van der Waals surface area contributed by atoms with E-state index in [1.165, 1.54) is 11.6 Å². The summed E-state index contributed by atoms with van der Waals surface area (Å²) in [5, 5.41) is 8.52. The highest BCUT2D eigenvalue weighted by molar-refractivity contribution is 5.31. The molecule has 0 fully saturated rings. The van der Waals surface area contributed by atoms with Crippen LogP contribution in [0.3, 0.4) is 0 Å². The second-order valence-corrected chi connectivity index (χ2v) is 5.01. The molecule has 0 aliphatic carbocycles. The monoisotopic (exact) mass is 277 g/mol. The number of nitriles is 1. The molecule has 0 saturated carbocycles. The van der Waals surface area contributed by atoms with Gasteiger partial charge in [0.05, 0.1) is 6.07 Å². The van der Waals surface area contributed by atoms with Crippen molar-refractivity contribution in [3.63, 3.8) is 0 Å². The number of hydrogen-bond acceptors (Lipinski definition) is 2. The third kappa shape index (κ3) is 4.81. The van der Waals surface area contributed by atoms with Gasteiger partial charge >= 0.3 is 0 Å². The predicted octanol–water partition coefficient (Wildman–Crippen LogP) is 4.84. The van der Waals surface area contributed by atoms with Gasteiger partial charge in [0.1, 0.15) is 12.4 Å². The molecule has 0 radical (unpaired) electrons. The molecule has 21 heavy (non-hydrogen) atoms. The predicted molar refractivity (Wildman–Crippen MR) is 85.0 cm³/mol. The van der Waals surface area contributed by atoms with Crippen molar-refractivity contribution in [2.45, 2.75) is 25.9 Å². The normalized spacial score (nSPS) is 12.0. The number of ether oxygens (including phenoxy) is 1. The van der Waals surface area contributed by atoms with Crippen molar-refractivity contribution in [2.75, 3.05) is 0 Å². The fourth-order valence-electron chi connectivity index (χ4n) is 2.11. The molecule has 2 aromatic rings. The highest BCUT2D eigenvalue weighted by atomic mass is 16.5. The van der Waals surface area contributed by atoms with E-state index in [1.807, 2.05) is 42.5 Å². The van der Waals surface area contributed by atoms with Gasteiger partial charge in [-0.1, -0.05) is 55.5 Å². The van der Waals surface area contributed by atoms with Crippen LogP contribution in [-0.4, -0.2) is 0 Å². The molecule has 0 aliphatic rings. The van der Waals surface area contributed by atoms with Crippen LogP contribution in [0.1, 0.15) is 30.4 Å². The SMILES string of the molecule is C[C@H](C/C=C/C#N)c1cccc(OCc2ccccc2)c1. The van der Waals surface area contributed by atoms with Crippen molar-refractivity contribution < 1.29 is 4.74 Å². The summed E-state index contributed by atoms with van der Waals surface area (Å²) < 4.78 is 5.84. The Morgan fingerprint density at radius 3 is 2.71 bits per heavy atom. The number of nitrogens with zero attached hydrogens (tertiary/aromatic N) is 1. The Morgan fingerprint density at radius 2 is 1.95 bits per heavy atom. The lowest BCUT2D eigenvalue weighted by molar-refractivity contribution is 0.306. The maximum absolute atomic E-state index is 8.52. The molecule has 0 heterocycles. The Balaban J connectivity index is 1.97. The van der Waals surface area contributed by atoms with Crippen LogP contribution in [0.5, 0.6) is 5.75 Å². The van der Waals surface area contributed by atoms with E-state index in [4.69, 9.17) is 10.00 Å². The zero-order chi connectivity index (χ0) is 14.9. The highest BCUT2D eigenvalue weighted by Crippen LogP contribution is 2.24. The van der Waals surface area contributed by atoms with Gasteiger partial charge in [0, 0.05) is 6.08 Å². The van der Waals surface area contributed by atoms with E-state index in [1.54, 1.807) is 0 Å². The van der Waals surface area contributed by atoms with E-state index in [2.05, 4.69) is 31.2 Å². The van der Waals surface area contributed by atoms with Crippen molar-refractivity contribution in [3.8, 4) is 11.8 Å². The molecular weight excluding hydrogens is 258 g/mol. The Kier molecular flexibility index (Phi) is 5.60. The lowest BCUT2D eigenvalue weighted by Gasteiger charge is -2.12. The third-order valence-electron chi connectivity index (χ3n) is 3.36. The molecule has 0 saturated heterocycles. The zero-order valence-electron chi connectivity index (χ0n) is 12.2. The summed E-state index contributed by atoms with van der Waals surface area (Å²) in [6, 6.07) is 20.3. The van der Waals surface area contributed by atoms with Gasteiger partial charge in [0.25, 0.3) is 0 Å². The van der Waals surface area contributed by atoms with Gasteiger partial charge in [-0.15, -0.1) is 0 Å². The van der Waals surface area contributed by atoms with Gasteiger partial charge < -0.3 is 4.74 Å². The van der Waals surface area contributed by atoms with E-state index in [0.29, 0.717) is 12.5 Å². The minimum absolute atomic E-state index is 0.370. The summed E-state index contributed by atoms with van der Waals surface area (Å²) in [7, 11) is 0. The van der Waals surface area contributed by atoms with Crippen LogP contribution in [0.15, 0.2) is 66.7 Å². The van der Waals surface area contributed by atoms with Crippen LogP contribution in [0, 0.1) is 11.3 Å². The molecule has 106 valence electrons. The first-order valence-electron chi connectivity index (χ1n) is 7.11. The van der Waals surface area contributed by atoms with Crippen LogP contribution >= 0.6 is 0 Å². The summed E-state index contributed by atoms with van der Waals surface area (Å²) in [6.07, 6.45) is 4.30. The van der Waals surface area contributed by atoms with Crippen LogP contribution in [-0.2, 0) is 6.61 Å². The molecular formula is C19H19NO. The van der Waals surface area contributed by atoms with Crippen molar-refractivity contribution in [1.82, 2.24) is 0 Å². The van der Waals surface area contributed by atoms with Crippen LogP contribution in [0.4, 0.5) is 0 Å². The number of rotatable bonds is 6. The minimum atomic E-state index is 0.370. The number of allylic oxidation sites excluding steroid dienone is 2. The molecule has 0 aliphatic heterocycles. The number of hydrogen-bond donors (Lipinski definition) is 0. The number of benzene rings is 2. The second-order valence-electron chi connectivity index (χ2n) is 5.01. The third-order valence-corrected chi connectivity index (χ3v) is 3.36. The quantitative estimate of drug-likeness (QED) is 0.708. The van der Waals surface area contributed by atoms with Crippen molar-refractivity contribution in [2.24, 2.45) is 0 Å². The van der Waals surface area contributed by atoms with Gasteiger partial charge in [-0.2, -0.15) is 5.26 Å². The largest absolute Gasteiger partial charge is 0.489 e. The van der Waals surface area contributed by atoms with E-state index >= 15 is 0 Å². The average molecular weight is 277 g/mol. The van der Waals surface area contributed by atoms with Gasteiger partial charge in [0.15, 0.2) is 0 Å². The van der Waals surface area contributed by atoms with Crippen LogP contribution < -0.4 is 4.74 Å². The van der Waals surface area contributed by atoms with E-state index in [-0.39, 0.29) is 0 Å². The first-order valence-corrected chi connectivity index (χ1v) is 7.11. The first-order chi connectivity index (χ1) is 10.3. The fourth-order valence-corrected chi connectivity index (χ4v) is 2.11. The molecule has 2 heteroatoms. The Labute approximate surface area is 126 Å². The average Bonchev–Trinajstić information content (AvgIpc) is 2.54. The molecule has 0 N–H and O–H groups in total. The highest BCUT2D eigenvalue weighted by Gasteiger charge is 2.05. The second kappa shape index (κ2) is 7.91. The Hall–Kier alpha value is -2.53. The molecule has 0 spiro atoms. The topological polar surface area (TPSA) is 33.0 Å². The van der Waals surface area contributed by atoms with E-state index in [0.717, 1.165) is 17.7 Å². The van der Waals surface area contributed by atoms with Gasteiger partial charge in [-0.3, -0.25) is 0 Å². The van der Waals surface area contributed by atoms with Crippen molar-refractivity contribution >= 4 is 0 Å². The standard InChI is InChI=1S/C19H19NO/c1-16(8-5-6-13-20)18-11-7-12-19(14-18)21-15-17-9-3-2-4-10-17/h2-7,9-12,14,16H,8,15H2,1H3/b6-5+/t16-/m1/s1. The molecule has 0 aromatic heterocycles. The fraction of sp³-hybridized carbons (Fsp3) is 0.211. The molecule has 2 nitrogen and oxygen atoms in total. The Bertz CT molecular complexity index is 626. The summed E-state index contributed by atoms with van der Waals surface area (Å²) in [6.45, 7) is 2.73. The summed E-state index contributed by atoms with van der Waals surface area (Å²) in [5.74, 6) is 1.25. The van der Waals surface area contributed by atoms with Crippen LogP contribution in [0.2, 0.25) is 0 Å². The maximum atomic E-state index is 8.52. The summed E-state index contributed by atoms with van der Waals surface area (Å²) in [4.78, 5) is 0. The van der Waals surface area contributed by atoms with Crippen molar-refractivity contribution in [3.05, 3.63) is 77.9 Å². The molecule has 0 unspecified atom stereocenters. The maximum Gasteiger partial charge on any atom is 0.120 e. The lowest BCUT2D eigenvalue weighted by atomic mass is 9.97. The minimum Gasteiger partial charge on any atom is -0.489 e. The van der Waals surface area contributed by atoms with E-state index < -0.39 is 0 Å². The summed E-state index contributed by atoms with van der Waals surface area (Å²) in [5.41, 5.74) is 2.39. The molecule has 1 atom stereocenters. The van der Waals surface area contributed by atoms with Crippen LogP contribution in [0.25, 0.3) is 0 Å². The molecule has 0 amide bonds. The van der Waals surface area contributed by atoms with Gasteiger partial charge in [0.2, 0.25) is 0 Å². The van der Waals surface area contributed by atoms with Gasteiger partial charge in [-0.25, -0.2) is 0 Å². The van der Waals surface area contributed by atoms with E-state index in [9.17, 15) is 0 Å². The molecule has 2 rings (SSSR count). The molecule has 0 bridgehead atoms.